The van der Waals surface area contributed by atoms with Gasteiger partial charge in [-0.25, -0.2) is 0 Å². The predicted octanol–water partition coefficient (Wildman–Crippen LogP) is 19.6. The van der Waals surface area contributed by atoms with Gasteiger partial charge >= 0.3 is 0 Å². The Bertz CT molecular complexity index is 4650. The van der Waals surface area contributed by atoms with Crippen LogP contribution in [0.15, 0.2) is 233 Å². The average molecular weight is 972 g/mol. The summed E-state index contributed by atoms with van der Waals surface area (Å²) in [6, 6.07) is 83.3. The van der Waals surface area contributed by atoms with E-state index < -0.39 is 5.41 Å². The van der Waals surface area contributed by atoms with Crippen molar-refractivity contribution in [1.29, 1.82) is 0 Å². The topological polar surface area (TPSA) is 29.5 Å². The van der Waals surface area contributed by atoms with E-state index in [9.17, 15) is 0 Å². The molecule has 0 atom stereocenters. The number of fused-ring (bicyclic) bond motifs is 26. The molecule has 0 radical (unpaired) electrons. The lowest BCUT2D eigenvalue weighted by Crippen LogP contribution is -2.26. The largest absolute Gasteiger partial charge is 0.455 e. The molecule has 13 aromatic rings. The van der Waals surface area contributed by atoms with E-state index in [4.69, 9.17) is 8.83 Å². The summed E-state index contributed by atoms with van der Waals surface area (Å²) in [5.41, 5.74) is 28.8. The van der Waals surface area contributed by atoms with Crippen LogP contribution >= 0.6 is 0 Å². The van der Waals surface area contributed by atoms with Gasteiger partial charge in [-0.2, -0.15) is 0 Å². The van der Waals surface area contributed by atoms with Crippen molar-refractivity contribution in [2.45, 2.75) is 43.9 Å². The van der Waals surface area contributed by atoms with Crippen LogP contribution in [-0.4, -0.2) is 0 Å². The van der Waals surface area contributed by atoms with Crippen LogP contribution in [-0.2, 0) is 16.2 Å². The zero-order valence-corrected chi connectivity index (χ0v) is 42.6. The molecule has 1 spiro atoms. The summed E-state index contributed by atoms with van der Waals surface area (Å²) >= 11 is 0. The number of furan rings is 2. The van der Waals surface area contributed by atoms with Gasteiger partial charge in [0.05, 0.1) is 5.41 Å². The van der Waals surface area contributed by atoms with Crippen molar-refractivity contribution in [3.63, 3.8) is 0 Å². The molecule has 0 N–H and O–H groups in total. The first kappa shape index (κ1) is 42.2. The van der Waals surface area contributed by atoms with Crippen molar-refractivity contribution in [2.24, 2.45) is 0 Å². The van der Waals surface area contributed by atoms with Crippen LogP contribution in [0.5, 0.6) is 0 Å². The quantitative estimate of drug-likeness (QED) is 0.176. The van der Waals surface area contributed by atoms with Gasteiger partial charge in [0.2, 0.25) is 0 Å². The van der Waals surface area contributed by atoms with Crippen molar-refractivity contribution in [3.8, 4) is 55.6 Å². The van der Waals surface area contributed by atoms with Crippen molar-refractivity contribution in [1.82, 2.24) is 0 Å². The molecule has 0 unspecified atom stereocenters. The van der Waals surface area contributed by atoms with Crippen LogP contribution in [0.4, 0.5) is 17.1 Å². The number of hydrogen-bond acceptors (Lipinski definition) is 3. The first-order valence-electron chi connectivity index (χ1n) is 26.7. The monoisotopic (exact) mass is 971 g/mol. The molecule has 11 aromatic carbocycles. The molecule has 17 rings (SSSR count). The molecule has 0 fully saturated rings. The number of benzene rings is 11. The summed E-state index contributed by atoms with van der Waals surface area (Å²) in [4.78, 5) is 2.49. The molecule has 0 amide bonds. The molecule has 2 aromatic heterocycles. The Labute approximate surface area is 440 Å². The minimum absolute atomic E-state index is 0.243. The van der Waals surface area contributed by atoms with Crippen LogP contribution in [0, 0.1) is 0 Å². The highest BCUT2D eigenvalue weighted by atomic mass is 16.3. The Kier molecular flexibility index (Phi) is 8.09. The lowest BCUT2D eigenvalue weighted by Gasteiger charge is -2.33. The van der Waals surface area contributed by atoms with Gasteiger partial charge < -0.3 is 13.7 Å². The highest BCUT2D eigenvalue weighted by molar-refractivity contribution is 6.22. The summed E-state index contributed by atoms with van der Waals surface area (Å²) < 4.78 is 14.0. The second-order valence-electron chi connectivity index (χ2n) is 22.6. The van der Waals surface area contributed by atoms with E-state index in [0.717, 1.165) is 66.7 Å². The maximum absolute atomic E-state index is 7.03. The lowest BCUT2D eigenvalue weighted by molar-refractivity contribution is 0.600. The Morgan fingerprint density at radius 2 is 0.789 bits per heavy atom. The third-order valence-corrected chi connectivity index (χ3v) is 18.2. The van der Waals surface area contributed by atoms with E-state index >= 15 is 0 Å². The third-order valence-electron chi connectivity index (χ3n) is 18.2. The first-order valence-corrected chi connectivity index (χ1v) is 26.7. The Hall–Kier alpha value is -9.18. The number of rotatable bonds is 4. The van der Waals surface area contributed by atoms with Crippen molar-refractivity contribution in [2.75, 3.05) is 4.90 Å². The number of para-hydroxylation sites is 3. The Morgan fingerprint density at radius 1 is 0.316 bits per heavy atom. The van der Waals surface area contributed by atoms with E-state index in [2.05, 4.69) is 257 Å². The Morgan fingerprint density at radius 3 is 1.45 bits per heavy atom. The van der Waals surface area contributed by atoms with Gasteiger partial charge in [-0.05, 0) is 144 Å². The SMILES string of the molecule is CC1(C)c2ccccc2-c2c1c1c(c3c2oc2ccccc23)-c2ccc(N(c3ccccc3)c3ccc4c(c3)C3(c5ccccc5-c5ccccc53)c3cc(-c5ccccc5)c5oc6ccccc6c5c3-4)cc2C1(C)C. The van der Waals surface area contributed by atoms with Gasteiger partial charge in [0.1, 0.15) is 22.3 Å². The van der Waals surface area contributed by atoms with Crippen molar-refractivity contribution in [3.05, 3.63) is 269 Å². The fourth-order valence-corrected chi connectivity index (χ4v) is 15.1. The molecule has 76 heavy (non-hydrogen) atoms. The van der Waals surface area contributed by atoms with Gasteiger partial charge in [-0.1, -0.05) is 198 Å². The number of nitrogens with zero attached hydrogens (tertiary/aromatic N) is 1. The molecule has 0 bridgehead atoms. The van der Waals surface area contributed by atoms with E-state index in [1.165, 1.54) is 94.4 Å². The highest BCUT2D eigenvalue weighted by Gasteiger charge is 2.54. The van der Waals surface area contributed by atoms with Crippen molar-refractivity contribution < 1.29 is 8.83 Å². The van der Waals surface area contributed by atoms with Crippen LogP contribution in [0.3, 0.4) is 0 Å². The fraction of sp³-hybridized carbons (Fsp3) is 0.0959. The van der Waals surface area contributed by atoms with Gasteiger partial charge in [-0.3, -0.25) is 0 Å². The zero-order valence-electron chi connectivity index (χ0n) is 42.6. The molecule has 358 valence electrons. The number of anilines is 3. The minimum atomic E-state index is -0.628. The second-order valence-corrected chi connectivity index (χ2v) is 22.6. The van der Waals surface area contributed by atoms with E-state index in [1.54, 1.807) is 0 Å². The lowest BCUT2D eigenvalue weighted by atomic mass is 9.70. The maximum atomic E-state index is 7.03. The minimum Gasteiger partial charge on any atom is -0.455 e. The summed E-state index contributed by atoms with van der Waals surface area (Å²) in [6.07, 6.45) is 0. The van der Waals surface area contributed by atoms with Crippen LogP contribution in [0.1, 0.15) is 72.2 Å². The Balaban J connectivity index is 0.938. The van der Waals surface area contributed by atoms with Crippen molar-refractivity contribution >= 4 is 60.9 Å². The van der Waals surface area contributed by atoms with Gasteiger partial charge in [0, 0.05) is 60.6 Å². The normalized spacial score (nSPS) is 15.2. The standard InChI is InChI=1S/C73H49NO2/c1-71(2)54-30-16-13-27-48(54)66-68(71)67-63(65-52-29-15-20-34-61(52)76-70(65)66)49-37-35-44(39-57(49)72(67,3)4)74(43-23-9-6-10-24-43)45-36-38-50-58(40-45)73(55-31-17-11-25-46(55)47-26-12-18-32-56(47)73)59-41-53(42-21-7-5-8-22-42)69-64(62(50)59)51-28-14-19-33-60(51)75-69/h5-41H,1-4H3. The molecule has 0 aliphatic heterocycles. The fourth-order valence-electron chi connectivity index (χ4n) is 15.1. The molecule has 3 heteroatoms. The van der Waals surface area contributed by atoms with Crippen LogP contribution in [0.25, 0.3) is 99.5 Å². The maximum Gasteiger partial charge on any atom is 0.144 e. The number of hydrogen-bond donors (Lipinski definition) is 0. The molecule has 0 saturated carbocycles. The molecular formula is C73H49NO2. The first-order chi connectivity index (χ1) is 37.2. The molecule has 4 aliphatic rings. The highest BCUT2D eigenvalue weighted by Crippen LogP contribution is 2.67. The second kappa shape index (κ2) is 14.6. The summed E-state index contributed by atoms with van der Waals surface area (Å²) in [5, 5.41) is 4.67. The summed E-state index contributed by atoms with van der Waals surface area (Å²) in [7, 11) is 0. The van der Waals surface area contributed by atoms with Gasteiger partial charge in [0.25, 0.3) is 0 Å². The molecular weight excluding hydrogens is 923 g/mol. The van der Waals surface area contributed by atoms with E-state index in [1.807, 2.05) is 0 Å². The molecule has 0 saturated heterocycles. The molecule has 3 nitrogen and oxygen atoms in total. The van der Waals surface area contributed by atoms with Gasteiger partial charge in [-0.15, -0.1) is 0 Å². The smallest absolute Gasteiger partial charge is 0.144 e. The van der Waals surface area contributed by atoms with E-state index in [-0.39, 0.29) is 10.8 Å². The predicted molar refractivity (Wildman–Crippen MR) is 313 cm³/mol. The summed E-state index contributed by atoms with van der Waals surface area (Å²) in [6.45, 7) is 9.74. The van der Waals surface area contributed by atoms with Gasteiger partial charge in [0.15, 0.2) is 0 Å². The van der Waals surface area contributed by atoms with Crippen LogP contribution < -0.4 is 4.90 Å². The molecule has 4 aliphatic carbocycles. The third kappa shape index (κ3) is 5.09. The zero-order chi connectivity index (χ0) is 50.4. The summed E-state index contributed by atoms with van der Waals surface area (Å²) in [5.74, 6) is 0. The average Bonchev–Trinajstić information content (AvgIpc) is 4.34. The molecule has 2 heterocycles. The van der Waals surface area contributed by atoms with Crippen LogP contribution in [0.2, 0.25) is 0 Å². The van der Waals surface area contributed by atoms with E-state index in [0.29, 0.717) is 0 Å².